The van der Waals surface area contributed by atoms with E-state index in [-0.39, 0.29) is 24.3 Å². The van der Waals surface area contributed by atoms with Crippen molar-refractivity contribution in [2.24, 2.45) is 0 Å². The maximum Gasteiger partial charge on any atom is 0.311 e. The van der Waals surface area contributed by atoms with Crippen LogP contribution in [0.2, 0.25) is 0 Å². The molecule has 0 aliphatic carbocycles. The molecule has 0 fully saturated rings. The lowest BCUT2D eigenvalue weighted by atomic mass is 9.90. The zero-order valence-electron chi connectivity index (χ0n) is 18.3. The van der Waals surface area contributed by atoms with Gasteiger partial charge in [0, 0.05) is 24.2 Å². The zero-order valence-corrected chi connectivity index (χ0v) is 18.3. The van der Waals surface area contributed by atoms with Crippen LogP contribution in [-0.2, 0) is 27.2 Å². The number of anilines is 1. The van der Waals surface area contributed by atoms with Crippen molar-refractivity contribution >= 4 is 17.6 Å². The van der Waals surface area contributed by atoms with Crippen LogP contribution >= 0.6 is 0 Å². The van der Waals surface area contributed by atoms with Gasteiger partial charge in [0.1, 0.15) is 12.5 Å². The molecule has 2 heterocycles. The smallest absolute Gasteiger partial charge is 0.311 e. The molecule has 0 bridgehead atoms. The van der Waals surface area contributed by atoms with E-state index in [9.17, 15) is 9.59 Å². The predicted molar refractivity (Wildman–Crippen MR) is 116 cm³/mol. The van der Waals surface area contributed by atoms with Crippen molar-refractivity contribution in [1.29, 1.82) is 0 Å². The average molecular weight is 426 g/mol. The van der Waals surface area contributed by atoms with E-state index in [0.717, 1.165) is 41.1 Å². The summed E-state index contributed by atoms with van der Waals surface area (Å²) in [6, 6.07) is 11.8. The van der Waals surface area contributed by atoms with Crippen molar-refractivity contribution in [2.75, 3.05) is 45.9 Å². The molecule has 0 spiro atoms. The summed E-state index contributed by atoms with van der Waals surface area (Å²) >= 11 is 0. The Bertz CT molecular complexity index is 990. The predicted octanol–water partition coefficient (Wildman–Crippen LogP) is 1.34. The van der Waals surface area contributed by atoms with Gasteiger partial charge in [-0.3, -0.25) is 9.59 Å². The summed E-state index contributed by atoms with van der Waals surface area (Å²) in [5.74, 6) is 1.09. The van der Waals surface area contributed by atoms with Gasteiger partial charge >= 0.3 is 5.97 Å². The SMILES string of the molecule is COC(=O)C[C@@H]1c2cc(OC)c(OC)cc2CC[NH+]1CC(=O)N1CCc2ccccc21. The normalized spacial score (nSPS) is 19.4. The van der Waals surface area contributed by atoms with Crippen LogP contribution in [-0.4, -0.2) is 52.8 Å². The Morgan fingerprint density at radius 3 is 2.52 bits per heavy atom. The van der Waals surface area contributed by atoms with Gasteiger partial charge in [-0.2, -0.15) is 0 Å². The first-order valence-corrected chi connectivity index (χ1v) is 10.6. The molecule has 4 rings (SSSR count). The third kappa shape index (κ3) is 4.10. The number of methoxy groups -OCH3 is 3. The number of amides is 1. The van der Waals surface area contributed by atoms with Crippen LogP contribution in [0, 0.1) is 0 Å². The fourth-order valence-corrected chi connectivity index (χ4v) is 4.77. The zero-order chi connectivity index (χ0) is 22.0. The Labute approximate surface area is 182 Å². The van der Waals surface area contributed by atoms with Gasteiger partial charge in [-0.05, 0) is 35.7 Å². The van der Waals surface area contributed by atoms with Gasteiger partial charge in [0.25, 0.3) is 5.91 Å². The molecule has 0 radical (unpaired) electrons. The van der Waals surface area contributed by atoms with E-state index in [1.807, 2.05) is 35.2 Å². The first-order valence-electron chi connectivity index (χ1n) is 10.6. The van der Waals surface area contributed by atoms with Crippen molar-refractivity contribution in [2.45, 2.75) is 25.3 Å². The molecule has 7 heteroatoms. The maximum absolute atomic E-state index is 13.3. The topological polar surface area (TPSA) is 69.5 Å². The number of esters is 1. The average Bonchev–Trinajstić information content (AvgIpc) is 3.23. The minimum Gasteiger partial charge on any atom is -0.493 e. The molecule has 0 saturated carbocycles. The Balaban J connectivity index is 1.61. The van der Waals surface area contributed by atoms with Crippen LogP contribution in [0.1, 0.15) is 29.2 Å². The molecule has 0 saturated heterocycles. The molecule has 1 amide bonds. The van der Waals surface area contributed by atoms with E-state index in [4.69, 9.17) is 14.2 Å². The fraction of sp³-hybridized carbons (Fsp3) is 0.417. The number of nitrogens with zero attached hydrogens (tertiary/aromatic N) is 1. The first kappa shape index (κ1) is 21.2. The van der Waals surface area contributed by atoms with E-state index in [1.165, 1.54) is 12.7 Å². The fourth-order valence-electron chi connectivity index (χ4n) is 4.77. The van der Waals surface area contributed by atoms with Gasteiger partial charge < -0.3 is 24.0 Å². The van der Waals surface area contributed by atoms with Gasteiger partial charge in [-0.1, -0.05) is 18.2 Å². The van der Waals surface area contributed by atoms with Crippen molar-refractivity contribution in [3.05, 3.63) is 53.1 Å². The van der Waals surface area contributed by atoms with Gasteiger partial charge in [-0.15, -0.1) is 0 Å². The summed E-state index contributed by atoms with van der Waals surface area (Å²) in [7, 11) is 4.61. The Hall–Kier alpha value is -3.06. The molecule has 2 aliphatic heterocycles. The van der Waals surface area contributed by atoms with Crippen LogP contribution in [0.25, 0.3) is 0 Å². The number of carbonyl (C=O) groups excluding carboxylic acids is 2. The second-order valence-electron chi connectivity index (χ2n) is 8.00. The molecular weight excluding hydrogens is 396 g/mol. The largest absolute Gasteiger partial charge is 0.493 e. The van der Waals surface area contributed by atoms with E-state index in [1.54, 1.807) is 14.2 Å². The Kier molecular flexibility index (Phi) is 6.13. The highest BCUT2D eigenvalue weighted by Gasteiger charge is 2.37. The third-order valence-corrected chi connectivity index (χ3v) is 6.39. The van der Waals surface area contributed by atoms with Gasteiger partial charge in [-0.25, -0.2) is 0 Å². The number of rotatable bonds is 6. The van der Waals surface area contributed by atoms with Crippen LogP contribution in [0.15, 0.2) is 36.4 Å². The highest BCUT2D eigenvalue weighted by Crippen LogP contribution is 2.35. The van der Waals surface area contributed by atoms with Crippen molar-refractivity contribution in [3.63, 3.8) is 0 Å². The maximum atomic E-state index is 13.3. The highest BCUT2D eigenvalue weighted by atomic mass is 16.5. The minimum absolute atomic E-state index is 0.0822. The Morgan fingerprint density at radius 2 is 1.77 bits per heavy atom. The molecule has 31 heavy (non-hydrogen) atoms. The standard InChI is InChI=1S/C24H28N2O5/c1-29-21-12-17-8-10-25(20(14-24(28)31-3)18(17)13-22(21)30-2)15-23(27)26-11-9-16-6-4-5-7-19(16)26/h4-7,12-13,20H,8-11,14-15H2,1-3H3/p+1/t20-/m1/s1. The van der Waals surface area contributed by atoms with Crippen LogP contribution in [0.4, 0.5) is 5.69 Å². The molecule has 1 N–H and O–H groups in total. The molecule has 0 aromatic heterocycles. The molecular formula is C24H29N2O5+. The number of carbonyl (C=O) groups is 2. The van der Waals surface area contributed by atoms with E-state index in [2.05, 4.69) is 6.07 Å². The van der Waals surface area contributed by atoms with Crippen molar-refractivity contribution in [1.82, 2.24) is 0 Å². The minimum atomic E-state index is -0.288. The van der Waals surface area contributed by atoms with Crippen molar-refractivity contribution < 1.29 is 28.7 Å². The number of hydrogen-bond acceptors (Lipinski definition) is 5. The lowest BCUT2D eigenvalue weighted by Gasteiger charge is -2.34. The molecule has 1 unspecified atom stereocenters. The monoisotopic (exact) mass is 425 g/mol. The summed E-state index contributed by atoms with van der Waals surface area (Å²) in [6.45, 7) is 1.78. The van der Waals surface area contributed by atoms with E-state index < -0.39 is 0 Å². The summed E-state index contributed by atoms with van der Waals surface area (Å²) < 4.78 is 15.9. The van der Waals surface area contributed by atoms with Crippen molar-refractivity contribution in [3.8, 4) is 11.5 Å². The second kappa shape index (κ2) is 8.98. The number of nitrogens with one attached hydrogen (secondary N) is 1. The third-order valence-electron chi connectivity index (χ3n) is 6.39. The summed E-state index contributed by atoms with van der Waals surface area (Å²) in [5.41, 5.74) is 4.34. The van der Waals surface area contributed by atoms with Gasteiger partial charge in [0.05, 0.1) is 27.9 Å². The van der Waals surface area contributed by atoms with Gasteiger partial charge in [0.2, 0.25) is 0 Å². The van der Waals surface area contributed by atoms with Crippen LogP contribution in [0.3, 0.4) is 0 Å². The lowest BCUT2D eigenvalue weighted by molar-refractivity contribution is -0.925. The highest BCUT2D eigenvalue weighted by molar-refractivity contribution is 5.96. The number of benzene rings is 2. The summed E-state index contributed by atoms with van der Waals surface area (Å²) in [5, 5.41) is 0. The number of ether oxygens (including phenoxy) is 3. The molecule has 2 aromatic rings. The van der Waals surface area contributed by atoms with Crippen LogP contribution in [0.5, 0.6) is 11.5 Å². The summed E-state index contributed by atoms with van der Waals surface area (Å²) in [4.78, 5) is 28.4. The molecule has 2 aromatic carbocycles. The molecule has 7 nitrogen and oxygen atoms in total. The van der Waals surface area contributed by atoms with E-state index in [0.29, 0.717) is 24.6 Å². The summed E-state index contributed by atoms with van der Waals surface area (Å²) in [6.07, 6.45) is 1.88. The number of quaternary nitrogens is 1. The first-order chi connectivity index (χ1) is 15.0. The number of para-hydroxylation sites is 1. The number of hydrogen-bond donors (Lipinski definition) is 1. The molecule has 2 aliphatic rings. The molecule has 164 valence electrons. The van der Waals surface area contributed by atoms with E-state index >= 15 is 0 Å². The second-order valence-corrected chi connectivity index (χ2v) is 8.00. The quantitative estimate of drug-likeness (QED) is 0.708. The Morgan fingerprint density at radius 1 is 1.03 bits per heavy atom. The lowest BCUT2D eigenvalue weighted by Crippen LogP contribution is -3.14. The van der Waals surface area contributed by atoms with Gasteiger partial charge in [0.15, 0.2) is 18.0 Å². The van der Waals surface area contributed by atoms with Crippen LogP contribution < -0.4 is 19.3 Å². The number of fused-ring (bicyclic) bond motifs is 2. The molecule has 2 atom stereocenters.